The van der Waals surface area contributed by atoms with E-state index >= 15 is 0 Å². The third-order valence-electron chi connectivity index (χ3n) is 2.97. The van der Waals surface area contributed by atoms with Crippen LogP contribution in [0.1, 0.15) is 39.7 Å². The molecule has 7 heteroatoms. The molecule has 6 nitrogen and oxygen atoms in total. The summed E-state index contributed by atoms with van der Waals surface area (Å²) < 4.78 is 7.96. The van der Waals surface area contributed by atoms with E-state index in [1.165, 1.54) is 0 Å². The molecule has 1 aliphatic rings. The minimum atomic E-state index is -0.440. The van der Waals surface area contributed by atoms with Gasteiger partial charge in [-0.2, -0.15) is 0 Å². The van der Waals surface area contributed by atoms with Gasteiger partial charge in [-0.3, -0.25) is 0 Å². The van der Waals surface area contributed by atoms with E-state index in [1.54, 1.807) is 4.90 Å². The average Bonchev–Trinajstić information content (AvgIpc) is 2.74. The van der Waals surface area contributed by atoms with Crippen LogP contribution in [0.3, 0.4) is 0 Å². The second kappa shape index (κ2) is 5.48. The highest BCUT2D eigenvalue weighted by Crippen LogP contribution is 2.23. The van der Waals surface area contributed by atoms with Gasteiger partial charge in [0.25, 0.3) is 0 Å². The first-order valence-electron chi connectivity index (χ1n) is 6.40. The normalized spacial score (nSPS) is 17.6. The zero-order valence-corrected chi connectivity index (χ0v) is 13.1. The second-order valence-electron chi connectivity index (χ2n) is 5.72. The summed E-state index contributed by atoms with van der Waals surface area (Å²) in [7, 11) is 0. The Morgan fingerprint density at radius 2 is 2.05 bits per heavy atom. The molecule has 0 saturated carbocycles. The Morgan fingerprint density at radius 1 is 1.42 bits per heavy atom. The molecular weight excluding hydrogens is 312 g/mol. The maximum Gasteiger partial charge on any atom is 0.410 e. The molecule has 0 radical (unpaired) electrons. The van der Waals surface area contributed by atoms with Gasteiger partial charge in [0.2, 0.25) is 0 Å². The van der Waals surface area contributed by atoms with E-state index in [4.69, 9.17) is 4.74 Å². The van der Waals surface area contributed by atoms with Crippen molar-refractivity contribution in [1.29, 1.82) is 0 Å². The number of hydrogen-bond donors (Lipinski definition) is 0. The number of rotatable bonds is 1. The predicted molar refractivity (Wildman–Crippen MR) is 73.8 cm³/mol. The smallest absolute Gasteiger partial charge is 0.410 e. The van der Waals surface area contributed by atoms with Crippen LogP contribution in [0.5, 0.6) is 0 Å². The van der Waals surface area contributed by atoms with Gasteiger partial charge in [-0.25, -0.2) is 9.48 Å². The molecule has 1 fully saturated rings. The third-order valence-corrected chi connectivity index (χ3v) is 3.34. The highest BCUT2D eigenvalue weighted by atomic mass is 79.9. The fourth-order valence-electron chi connectivity index (χ4n) is 2.07. The molecule has 1 aromatic rings. The average molecular weight is 331 g/mol. The van der Waals surface area contributed by atoms with Gasteiger partial charge in [-0.05, 0) is 49.5 Å². The summed E-state index contributed by atoms with van der Waals surface area (Å²) in [6, 6.07) is 0.303. The molecule has 19 heavy (non-hydrogen) atoms. The van der Waals surface area contributed by atoms with Crippen LogP contribution in [0.2, 0.25) is 0 Å². The lowest BCUT2D eigenvalue weighted by Crippen LogP contribution is -2.42. The van der Waals surface area contributed by atoms with Crippen molar-refractivity contribution in [2.45, 2.75) is 45.3 Å². The van der Waals surface area contributed by atoms with Crippen LogP contribution in [0, 0.1) is 0 Å². The number of ether oxygens (including phenoxy) is 1. The van der Waals surface area contributed by atoms with Crippen molar-refractivity contribution in [2.75, 3.05) is 13.1 Å². The largest absolute Gasteiger partial charge is 0.444 e. The van der Waals surface area contributed by atoms with Crippen LogP contribution in [0.15, 0.2) is 10.8 Å². The summed E-state index contributed by atoms with van der Waals surface area (Å²) >= 11 is 3.29. The topological polar surface area (TPSA) is 60.2 Å². The summed E-state index contributed by atoms with van der Waals surface area (Å²) in [5.74, 6) is 0. The zero-order chi connectivity index (χ0) is 14.0. The van der Waals surface area contributed by atoms with Crippen molar-refractivity contribution in [2.24, 2.45) is 0 Å². The number of halogens is 1. The zero-order valence-electron chi connectivity index (χ0n) is 11.5. The minimum Gasteiger partial charge on any atom is -0.444 e. The molecule has 1 aromatic heterocycles. The maximum absolute atomic E-state index is 11.9. The molecule has 0 spiro atoms. The number of hydrogen-bond acceptors (Lipinski definition) is 4. The highest BCUT2D eigenvalue weighted by molar-refractivity contribution is 9.10. The van der Waals surface area contributed by atoms with Gasteiger partial charge in [0.15, 0.2) is 0 Å². The molecule has 0 aromatic carbocycles. The number of aromatic nitrogens is 3. The number of nitrogens with zero attached hydrogens (tertiary/aromatic N) is 4. The van der Waals surface area contributed by atoms with Crippen molar-refractivity contribution >= 4 is 22.0 Å². The molecule has 0 aliphatic carbocycles. The first kappa shape index (κ1) is 14.3. The van der Waals surface area contributed by atoms with Crippen LogP contribution in [0.25, 0.3) is 0 Å². The first-order valence-corrected chi connectivity index (χ1v) is 7.20. The van der Waals surface area contributed by atoms with E-state index < -0.39 is 5.60 Å². The standard InChI is InChI=1S/C12H19BrN4O2/c1-12(2,3)19-11(18)16-6-4-9(5-7-16)17-8-10(13)14-15-17/h8-9H,4-7H2,1-3H3. The monoisotopic (exact) mass is 330 g/mol. The third kappa shape index (κ3) is 3.92. The summed E-state index contributed by atoms with van der Waals surface area (Å²) in [5, 5.41) is 7.97. The maximum atomic E-state index is 11.9. The predicted octanol–water partition coefficient (Wildman–Crippen LogP) is 2.61. The Kier molecular flexibility index (Phi) is 4.13. The second-order valence-corrected chi connectivity index (χ2v) is 6.53. The van der Waals surface area contributed by atoms with E-state index in [0.717, 1.165) is 17.4 Å². The van der Waals surface area contributed by atoms with Gasteiger partial charge in [0.05, 0.1) is 12.2 Å². The Balaban J connectivity index is 1.87. The molecule has 2 rings (SSSR count). The van der Waals surface area contributed by atoms with Gasteiger partial charge in [-0.15, -0.1) is 5.10 Å². The molecule has 2 heterocycles. The summed E-state index contributed by atoms with van der Waals surface area (Å²) in [6.45, 7) is 7.02. The summed E-state index contributed by atoms with van der Waals surface area (Å²) in [4.78, 5) is 13.7. The van der Waals surface area contributed by atoms with Crippen molar-refractivity contribution in [3.8, 4) is 0 Å². The molecule has 106 valence electrons. The number of piperidine rings is 1. The van der Waals surface area contributed by atoms with Crippen molar-refractivity contribution in [3.63, 3.8) is 0 Å². The molecule has 0 bridgehead atoms. The van der Waals surface area contributed by atoms with E-state index in [1.807, 2.05) is 31.6 Å². The number of likely N-dealkylation sites (tertiary alicyclic amines) is 1. The van der Waals surface area contributed by atoms with Crippen LogP contribution in [0.4, 0.5) is 4.79 Å². The van der Waals surface area contributed by atoms with Crippen LogP contribution in [-0.2, 0) is 4.74 Å². The minimum absolute atomic E-state index is 0.231. The van der Waals surface area contributed by atoms with E-state index in [-0.39, 0.29) is 6.09 Å². The summed E-state index contributed by atoms with van der Waals surface area (Å²) in [6.07, 6.45) is 3.38. The van der Waals surface area contributed by atoms with Gasteiger partial charge in [0, 0.05) is 13.1 Å². The molecule has 1 aliphatic heterocycles. The molecule has 1 amide bonds. The van der Waals surface area contributed by atoms with Gasteiger partial charge >= 0.3 is 6.09 Å². The fraction of sp³-hybridized carbons (Fsp3) is 0.750. The summed E-state index contributed by atoms with van der Waals surface area (Å²) in [5.41, 5.74) is -0.440. The lowest BCUT2D eigenvalue weighted by atomic mass is 10.1. The first-order chi connectivity index (χ1) is 8.85. The van der Waals surface area contributed by atoms with Crippen LogP contribution >= 0.6 is 15.9 Å². The Hall–Kier alpha value is -1.11. The fourth-order valence-corrected chi connectivity index (χ4v) is 2.35. The number of amides is 1. The number of carbonyl (C=O) groups excluding carboxylic acids is 1. The van der Waals surface area contributed by atoms with E-state index in [0.29, 0.717) is 19.1 Å². The SMILES string of the molecule is CC(C)(C)OC(=O)N1CCC(n2cc(Br)nn2)CC1. The van der Waals surface area contributed by atoms with Crippen LogP contribution in [-0.4, -0.2) is 44.7 Å². The molecule has 0 unspecified atom stereocenters. The lowest BCUT2D eigenvalue weighted by Gasteiger charge is -2.33. The van der Waals surface area contributed by atoms with Gasteiger partial charge < -0.3 is 9.64 Å². The van der Waals surface area contributed by atoms with Gasteiger partial charge in [0.1, 0.15) is 10.2 Å². The van der Waals surface area contributed by atoms with E-state index in [2.05, 4.69) is 26.2 Å². The Labute approximate surface area is 121 Å². The Bertz CT molecular complexity index is 447. The number of carbonyl (C=O) groups is 1. The van der Waals surface area contributed by atoms with Gasteiger partial charge in [-0.1, -0.05) is 5.21 Å². The molecule has 0 N–H and O–H groups in total. The molecule has 0 atom stereocenters. The highest BCUT2D eigenvalue weighted by Gasteiger charge is 2.27. The van der Waals surface area contributed by atoms with E-state index in [9.17, 15) is 4.79 Å². The van der Waals surface area contributed by atoms with Crippen molar-refractivity contribution in [1.82, 2.24) is 19.9 Å². The molecular formula is C12H19BrN4O2. The van der Waals surface area contributed by atoms with Crippen LogP contribution < -0.4 is 0 Å². The quantitative estimate of drug-likeness (QED) is 0.794. The molecule has 1 saturated heterocycles. The lowest BCUT2D eigenvalue weighted by molar-refractivity contribution is 0.0184. The van der Waals surface area contributed by atoms with Crippen molar-refractivity contribution in [3.05, 3.63) is 10.8 Å². The van der Waals surface area contributed by atoms with Crippen molar-refractivity contribution < 1.29 is 9.53 Å². The Morgan fingerprint density at radius 3 is 2.53 bits per heavy atom.